The Hall–Kier alpha value is -0.530. The van der Waals surface area contributed by atoms with E-state index in [4.69, 9.17) is 0 Å². The van der Waals surface area contributed by atoms with Gasteiger partial charge >= 0.3 is 0 Å². The van der Waals surface area contributed by atoms with E-state index in [1.807, 2.05) is 4.90 Å². The van der Waals surface area contributed by atoms with Gasteiger partial charge < -0.3 is 4.90 Å². The van der Waals surface area contributed by atoms with Crippen LogP contribution in [0.4, 0.5) is 0 Å². The summed E-state index contributed by atoms with van der Waals surface area (Å²) in [4.78, 5) is 13.7. The first-order chi connectivity index (χ1) is 5.88. The third-order valence-corrected chi connectivity index (χ3v) is 2.46. The fourth-order valence-corrected chi connectivity index (χ4v) is 1.73. The minimum absolute atomic E-state index is 0.128. The molecule has 1 fully saturated rings. The Morgan fingerprint density at radius 3 is 2.46 bits per heavy atom. The largest absolute Gasteiger partial charge is 0.342 e. The number of rotatable bonds is 1. The number of hydrogen-bond acceptors (Lipinski definition) is 1. The van der Waals surface area contributed by atoms with Crippen molar-refractivity contribution in [1.82, 2.24) is 4.90 Å². The Balaban J connectivity index is 2.41. The zero-order valence-corrected chi connectivity index (χ0v) is 9.26. The first-order valence-corrected chi connectivity index (χ1v) is 5.16. The minimum Gasteiger partial charge on any atom is -0.342 e. The van der Waals surface area contributed by atoms with Gasteiger partial charge in [0.05, 0.1) is 0 Å². The van der Waals surface area contributed by atoms with Gasteiger partial charge in [0.15, 0.2) is 0 Å². The van der Waals surface area contributed by atoms with Crippen LogP contribution in [0.5, 0.6) is 0 Å². The minimum atomic E-state index is 0.128. The van der Waals surface area contributed by atoms with Crippen molar-refractivity contribution in [2.45, 2.75) is 40.5 Å². The monoisotopic (exact) mass is 183 g/mol. The van der Waals surface area contributed by atoms with Gasteiger partial charge in [-0.15, -0.1) is 0 Å². The summed E-state index contributed by atoms with van der Waals surface area (Å²) in [6, 6.07) is 0. The van der Waals surface area contributed by atoms with E-state index in [9.17, 15) is 4.79 Å². The van der Waals surface area contributed by atoms with Crippen LogP contribution in [0.1, 0.15) is 40.5 Å². The van der Waals surface area contributed by atoms with Gasteiger partial charge in [-0.05, 0) is 17.8 Å². The van der Waals surface area contributed by atoms with Crippen molar-refractivity contribution >= 4 is 5.91 Å². The van der Waals surface area contributed by atoms with Gasteiger partial charge in [-0.2, -0.15) is 0 Å². The first-order valence-electron chi connectivity index (χ1n) is 5.16. The maximum absolute atomic E-state index is 11.7. The molecule has 13 heavy (non-hydrogen) atoms. The summed E-state index contributed by atoms with van der Waals surface area (Å²) in [5, 5.41) is 0. The second-order valence-corrected chi connectivity index (χ2v) is 5.47. The summed E-state index contributed by atoms with van der Waals surface area (Å²) in [6.07, 6.45) is 1.86. The number of nitrogens with zero attached hydrogens (tertiary/aromatic N) is 1. The van der Waals surface area contributed by atoms with Crippen LogP contribution in [0.15, 0.2) is 0 Å². The molecule has 0 N–H and O–H groups in total. The number of carbonyl (C=O) groups is 1. The molecule has 0 bridgehead atoms. The highest BCUT2D eigenvalue weighted by molar-refractivity contribution is 5.77. The standard InChI is InChI=1S/C11H21NO/c1-9-5-6-12(8-9)10(13)7-11(2,3)4/h9H,5-8H2,1-4H3/t9-/m1/s1. The molecule has 0 radical (unpaired) electrons. The van der Waals surface area contributed by atoms with Crippen molar-refractivity contribution in [3.63, 3.8) is 0 Å². The molecular formula is C11H21NO. The van der Waals surface area contributed by atoms with E-state index >= 15 is 0 Å². The molecule has 0 aromatic heterocycles. The average Bonchev–Trinajstić information content (AvgIpc) is 2.31. The molecule has 1 saturated heterocycles. The van der Waals surface area contributed by atoms with Crippen LogP contribution < -0.4 is 0 Å². The van der Waals surface area contributed by atoms with Crippen molar-refractivity contribution < 1.29 is 4.79 Å². The smallest absolute Gasteiger partial charge is 0.223 e. The molecule has 0 aliphatic carbocycles. The Morgan fingerprint density at radius 1 is 1.46 bits per heavy atom. The summed E-state index contributed by atoms with van der Waals surface area (Å²) in [7, 11) is 0. The molecule has 1 atom stereocenters. The molecule has 1 heterocycles. The molecule has 0 aromatic carbocycles. The molecule has 1 amide bonds. The number of amides is 1. The third-order valence-electron chi connectivity index (χ3n) is 2.46. The lowest BCUT2D eigenvalue weighted by Crippen LogP contribution is -2.31. The molecule has 0 unspecified atom stereocenters. The van der Waals surface area contributed by atoms with Crippen LogP contribution >= 0.6 is 0 Å². The molecule has 2 heteroatoms. The van der Waals surface area contributed by atoms with E-state index in [1.165, 1.54) is 6.42 Å². The molecule has 1 rings (SSSR count). The van der Waals surface area contributed by atoms with Gasteiger partial charge in [0.1, 0.15) is 0 Å². The van der Waals surface area contributed by atoms with Gasteiger partial charge in [-0.3, -0.25) is 4.79 Å². The van der Waals surface area contributed by atoms with E-state index in [-0.39, 0.29) is 5.41 Å². The van der Waals surface area contributed by atoms with Crippen LogP contribution in [0.2, 0.25) is 0 Å². The second kappa shape index (κ2) is 3.69. The molecular weight excluding hydrogens is 162 g/mol. The fourth-order valence-electron chi connectivity index (χ4n) is 1.73. The highest BCUT2D eigenvalue weighted by Gasteiger charge is 2.26. The van der Waals surface area contributed by atoms with E-state index in [2.05, 4.69) is 27.7 Å². The van der Waals surface area contributed by atoms with Crippen LogP contribution in [-0.2, 0) is 4.79 Å². The van der Waals surface area contributed by atoms with E-state index in [0.717, 1.165) is 13.1 Å². The van der Waals surface area contributed by atoms with Crippen LogP contribution in [0.3, 0.4) is 0 Å². The zero-order valence-electron chi connectivity index (χ0n) is 9.26. The average molecular weight is 183 g/mol. The van der Waals surface area contributed by atoms with Crippen LogP contribution in [-0.4, -0.2) is 23.9 Å². The Kier molecular flexibility index (Phi) is 2.99. The molecule has 0 spiro atoms. The number of hydrogen-bond donors (Lipinski definition) is 0. The van der Waals surface area contributed by atoms with Crippen molar-refractivity contribution in [1.29, 1.82) is 0 Å². The lowest BCUT2D eigenvalue weighted by Gasteiger charge is -2.22. The van der Waals surface area contributed by atoms with Crippen molar-refractivity contribution in [2.24, 2.45) is 11.3 Å². The van der Waals surface area contributed by atoms with Crippen LogP contribution in [0, 0.1) is 11.3 Å². The topological polar surface area (TPSA) is 20.3 Å². The highest BCUT2D eigenvalue weighted by Crippen LogP contribution is 2.23. The molecule has 0 aromatic rings. The maximum atomic E-state index is 11.7. The van der Waals surface area contributed by atoms with Crippen molar-refractivity contribution in [3.05, 3.63) is 0 Å². The maximum Gasteiger partial charge on any atom is 0.223 e. The van der Waals surface area contributed by atoms with Gasteiger partial charge in [0, 0.05) is 19.5 Å². The normalized spacial score (nSPS) is 23.7. The Labute approximate surface area is 81.3 Å². The van der Waals surface area contributed by atoms with Crippen LogP contribution in [0.25, 0.3) is 0 Å². The van der Waals surface area contributed by atoms with Gasteiger partial charge in [-0.25, -0.2) is 0 Å². The summed E-state index contributed by atoms with van der Waals surface area (Å²) < 4.78 is 0. The molecule has 1 aliphatic rings. The van der Waals surface area contributed by atoms with Crippen molar-refractivity contribution in [2.75, 3.05) is 13.1 Å². The lowest BCUT2D eigenvalue weighted by molar-refractivity contribution is -0.132. The summed E-state index contributed by atoms with van der Waals surface area (Å²) in [5.41, 5.74) is 0.128. The summed E-state index contributed by atoms with van der Waals surface area (Å²) in [5.74, 6) is 1.03. The fraction of sp³-hybridized carbons (Fsp3) is 0.909. The summed E-state index contributed by atoms with van der Waals surface area (Å²) >= 11 is 0. The third kappa shape index (κ3) is 3.37. The van der Waals surface area contributed by atoms with E-state index in [0.29, 0.717) is 18.2 Å². The molecule has 2 nitrogen and oxygen atoms in total. The van der Waals surface area contributed by atoms with E-state index < -0.39 is 0 Å². The van der Waals surface area contributed by atoms with Crippen molar-refractivity contribution in [3.8, 4) is 0 Å². The predicted octanol–water partition coefficient (Wildman–Crippen LogP) is 2.29. The van der Waals surface area contributed by atoms with Gasteiger partial charge in [-0.1, -0.05) is 27.7 Å². The molecule has 1 aliphatic heterocycles. The van der Waals surface area contributed by atoms with E-state index in [1.54, 1.807) is 0 Å². The predicted molar refractivity (Wildman–Crippen MR) is 54.4 cm³/mol. The zero-order chi connectivity index (χ0) is 10.1. The second-order valence-electron chi connectivity index (χ2n) is 5.47. The quantitative estimate of drug-likeness (QED) is 0.611. The summed E-state index contributed by atoms with van der Waals surface area (Å²) in [6.45, 7) is 10.5. The molecule has 76 valence electrons. The molecule has 0 saturated carbocycles. The van der Waals surface area contributed by atoms with Gasteiger partial charge in [0.2, 0.25) is 5.91 Å². The van der Waals surface area contributed by atoms with Gasteiger partial charge in [0.25, 0.3) is 0 Å². The Bertz CT molecular complexity index is 193. The first kappa shape index (κ1) is 10.6. The number of carbonyl (C=O) groups excluding carboxylic acids is 1. The SMILES string of the molecule is C[C@@H]1CCN(C(=O)CC(C)(C)C)C1. The number of likely N-dealkylation sites (tertiary alicyclic amines) is 1. The lowest BCUT2D eigenvalue weighted by atomic mass is 9.92. The Morgan fingerprint density at radius 2 is 2.08 bits per heavy atom. The highest BCUT2D eigenvalue weighted by atomic mass is 16.2.